The predicted octanol–water partition coefficient (Wildman–Crippen LogP) is 0.257. The summed E-state index contributed by atoms with van der Waals surface area (Å²) in [6.07, 6.45) is 2.13. The molecule has 0 saturated heterocycles. The topological polar surface area (TPSA) is 49.4 Å². The first-order chi connectivity index (χ1) is 4.86. The van der Waals surface area contributed by atoms with Gasteiger partial charge in [0.25, 0.3) is 0 Å². The number of fused-ring (bicyclic) bond motifs is 1. The van der Waals surface area contributed by atoms with Crippen molar-refractivity contribution in [2.75, 3.05) is 0 Å². The van der Waals surface area contributed by atoms with Crippen LogP contribution < -0.4 is 0 Å². The van der Waals surface area contributed by atoms with Gasteiger partial charge in [-0.2, -0.15) is 5.10 Å². The number of aliphatic imine (C=N–C) groups is 2. The Kier molecular flexibility index (Phi) is 0.642. The summed E-state index contributed by atoms with van der Waals surface area (Å²) in [5.41, 5.74) is 0.750. The summed E-state index contributed by atoms with van der Waals surface area (Å²) >= 11 is 0. The van der Waals surface area contributed by atoms with Gasteiger partial charge in [0, 0.05) is 12.6 Å². The van der Waals surface area contributed by atoms with Gasteiger partial charge in [-0.3, -0.25) is 0 Å². The summed E-state index contributed by atoms with van der Waals surface area (Å²) in [7, 11) is 0. The highest BCUT2D eigenvalue weighted by molar-refractivity contribution is 6.48. The van der Waals surface area contributed by atoms with Crippen LogP contribution in [0.3, 0.4) is 0 Å². The molecule has 0 aromatic rings. The van der Waals surface area contributed by atoms with E-state index < -0.39 is 0 Å². The van der Waals surface area contributed by atoms with Crippen molar-refractivity contribution in [3.8, 4) is 0 Å². The minimum absolute atomic E-state index is 0.244. The Labute approximate surface area is 53.1 Å². The van der Waals surface area contributed by atoms with Crippen LogP contribution >= 0.6 is 0 Å². The predicted molar refractivity (Wildman–Crippen MR) is 36.5 cm³/mol. The summed E-state index contributed by atoms with van der Waals surface area (Å²) in [4.78, 5) is 7.72. The Morgan fingerprint density at radius 3 is 3.67 bits per heavy atom. The molecular weight excluding hydrogens is 116 g/mol. The van der Waals surface area contributed by atoms with Crippen LogP contribution in [-0.2, 0) is 0 Å². The average Bonchev–Trinajstić information content (AvgIpc) is 2.33. The summed E-state index contributed by atoms with van der Waals surface area (Å²) < 4.78 is 7.13. The largest absolute Gasteiger partial charge is 0.237 e. The van der Waals surface area contributed by atoms with Gasteiger partial charge in [-0.25, -0.2) is 9.98 Å². The van der Waals surface area contributed by atoms with Gasteiger partial charge in [-0.1, -0.05) is 0 Å². The van der Waals surface area contributed by atoms with Crippen LogP contribution in [0.1, 0.15) is 7.79 Å². The van der Waals surface area contributed by atoms with Gasteiger partial charge < -0.3 is 0 Å². The molecule has 0 bridgehead atoms. The molecular formula is C5H4N4. The molecule has 0 amide bonds. The van der Waals surface area contributed by atoms with E-state index in [-0.39, 0.29) is 6.19 Å². The zero-order valence-corrected chi connectivity index (χ0v) is 4.57. The molecule has 2 rings (SSSR count). The summed E-state index contributed by atoms with van der Waals surface area (Å²) in [5, 5.41) is 7.21. The maximum atomic E-state index is 7.13. The third kappa shape index (κ3) is 0.595. The van der Waals surface area contributed by atoms with Crippen molar-refractivity contribution in [1.82, 2.24) is 0 Å². The van der Waals surface area contributed by atoms with Crippen LogP contribution in [-0.4, -0.2) is 24.1 Å². The monoisotopic (exact) mass is 121 g/mol. The number of rotatable bonds is 0. The van der Waals surface area contributed by atoms with E-state index in [4.69, 9.17) is 1.37 Å². The Hall–Kier alpha value is -1.32. The Morgan fingerprint density at radius 2 is 2.67 bits per heavy atom. The second-order valence-electron chi connectivity index (χ2n) is 1.68. The van der Waals surface area contributed by atoms with Crippen molar-refractivity contribution in [3.05, 3.63) is 0 Å². The van der Waals surface area contributed by atoms with E-state index in [0.717, 1.165) is 5.71 Å². The third-order valence-electron chi connectivity index (χ3n) is 1.11. The molecule has 0 atom stereocenters. The van der Waals surface area contributed by atoms with Crippen LogP contribution in [0.4, 0.5) is 0 Å². The van der Waals surface area contributed by atoms with Crippen molar-refractivity contribution in [1.29, 1.82) is 0 Å². The maximum Gasteiger partial charge on any atom is 0.198 e. The third-order valence-corrected chi connectivity index (χ3v) is 1.11. The van der Waals surface area contributed by atoms with Gasteiger partial charge >= 0.3 is 0 Å². The highest BCUT2D eigenvalue weighted by Crippen LogP contribution is 2.01. The van der Waals surface area contributed by atoms with Crippen molar-refractivity contribution >= 4 is 24.1 Å². The lowest BCUT2D eigenvalue weighted by molar-refractivity contribution is 1.22. The van der Waals surface area contributed by atoms with Crippen LogP contribution in [0.5, 0.6) is 0 Å². The Bertz CT molecular complexity index is 286. The maximum absolute atomic E-state index is 7.13. The summed E-state index contributed by atoms with van der Waals surface area (Å²) in [5.74, 6) is 0.552. The molecule has 0 spiro atoms. The standard InChI is InChI=1S/C5H4N4/c1-2-8-9-5-4(1)6-3-7-5/h2-3H,1H2/i2D. The van der Waals surface area contributed by atoms with E-state index in [0.29, 0.717) is 12.3 Å². The Morgan fingerprint density at radius 1 is 1.67 bits per heavy atom. The zero-order chi connectivity index (χ0) is 6.97. The molecule has 9 heavy (non-hydrogen) atoms. The minimum atomic E-state index is 0.244. The lowest BCUT2D eigenvalue weighted by atomic mass is 10.2. The van der Waals surface area contributed by atoms with Gasteiger partial charge in [0.1, 0.15) is 6.34 Å². The van der Waals surface area contributed by atoms with Crippen LogP contribution in [0, 0.1) is 0 Å². The first kappa shape index (κ1) is 3.66. The van der Waals surface area contributed by atoms with E-state index in [1.165, 1.54) is 6.34 Å². The molecule has 0 N–H and O–H groups in total. The van der Waals surface area contributed by atoms with Crippen molar-refractivity contribution in [3.63, 3.8) is 0 Å². The van der Waals surface area contributed by atoms with Crippen LogP contribution in [0.15, 0.2) is 20.2 Å². The molecule has 0 aliphatic carbocycles. The molecule has 2 aliphatic rings. The fraction of sp³-hybridized carbons (Fsp3) is 0.200. The van der Waals surface area contributed by atoms with Gasteiger partial charge in [0.2, 0.25) is 0 Å². The molecule has 2 aliphatic heterocycles. The average molecular weight is 121 g/mol. The molecule has 0 saturated carbocycles. The van der Waals surface area contributed by atoms with Crippen molar-refractivity contribution < 1.29 is 1.37 Å². The molecule has 0 fully saturated rings. The molecule has 4 heteroatoms. The van der Waals surface area contributed by atoms with Crippen LogP contribution in [0.2, 0.25) is 0 Å². The SMILES string of the molecule is [2H]C1=NN=C2N=CN=C2C1. The highest BCUT2D eigenvalue weighted by Gasteiger charge is 2.12. The first-order valence-corrected chi connectivity index (χ1v) is 2.57. The number of amidine groups is 1. The van der Waals surface area contributed by atoms with E-state index in [1.54, 1.807) is 0 Å². The zero-order valence-electron chi connectivity index (χ0n) is 5.57. The van der Waals surface area contributed by atoms with Crippen molar-refractivity contribution in [2.45, 2.75) is 6.42 Å². The Balaban J connectivity index is 2.42. The fourth-order valence-electron chi connectivity index (χ4n) is 0.687. The van der Waals surface area contributed by atoms with Gasteiger partial charge in [0.05, 0.1) is 7.08 Å². The van der Waals surface area contributed by atoms with Crippen LogP contribution in [0.25, 0.3) is 0 Å². The number of nitrogens with zero attached hydrogens (tertiary/aromatic N) is 4. The van der Waals surface area contributed by atoms with Gasteiger partial charge in [-0.05, 0) is 0 Å². The quantitative estimate of drug-likeness (QED) is 0.441. The number of hydrogen-bond donors (Lipinski definition) is 0. The minimum Gasteiger partial charge on any atom is -0.237 e. The summed E-state index contributed by atoms with van der Waals surface area (Å²) in [6.45, 7) is 0. The lowest BCUT2D eigenvalue weighted by Crippen LogP contribution is -2.11. The highest BCUT2D eigenvalue weighted by atomic mass is 15.3. The normalized spacial score (nSPS) is 24.0. The van der Waals surface area contributed by atoms with E-state index in [1.807, 2.05) is 0 Å². The smallest absolute Gasteiger partial charge is 0.198 e. The fourth-order valence-corrected chi connectivity index (χ4v) is 0.687. The number of hydrogen-bond acceptors (Lipinski definition) is 4. The molecule has 44 valence electrons. The second kappa shape index (κ2) is 1.58. The molecule has 0 unspecified atom stereocenters. The summed E-state index contributed by atoms with van der Waals surface area (Å²) in [6, 6.07) is 0. The van der Waals surface area contributed by atoms with E-state index >= 15 is 0 Å². The van der Waals surface area contributed by atoms with E-state index in [2.05, 4.69) is 20.2 Å². The molecule has 4 nitrogen and oxygen atoms in total. The van der Waals surface area contributed by atoms with Crippen molar-refractivity contribution in [2.24, 2.45) is 20.2 Å². The first-order valence-electron chi connectivity index (χ1n) is 3.07. The molecule has 2 heterocycles. The van der Waals surface area contributed by atoms with Gasteiger partial charge in [0.15, 0.2) is 5.84 Å². The van der Waals surface area contributed by atoms with E-state index in [9.17, 15) is 0 Å². The molecule has 0 aromatic heterocycles. The second-order valence-corrected chi connectivity index (χ2v) is 1.68. The molecule has 0 radical (unpaired) electrons. The van der Waals surface area contributed by atoms with Gasteiger partial charge in [-0.15, -0.1) is 5.10 Å². The lowest BCUT2D eigenvalue weighted by Gasteiger charge is -1.96. The molecule has 0 aromatic carbocycles.